The van der Waals surface area contributed by atoms with E-state index in [1.165, 1.54) is 88.6 Å². The summed E-state index contributed by atoms with van der Waals surface area (Å²) in [6.07, 6.45) is 0. The molecule has 0 amide bonds. The highest BCUT2D eigenvalue weighted by Gasteiger charge is 2.38. The Labute approximate surface area is 399 Å². The third kappa shape index (κ3) is 6.03. The van der Waals surface area contributed by atoms with Crippen LogP contribution in [-0.2, 0) is 10.8 Å². The largest absolute Gasteiger partial charge is 0.310 e. The minimum Gasteiger partial charge on any atom is -0.310 e. The second-order valence-electron chi connectivity index (χ2n) is 19.7. The summed E-state index contributed by atoms with van der Waals surface area (Å²) in [6.45, 7) is 9.49. The van der Waals surface area contributed by atoms with Crippen LogP contribution in [-0.4, -0.2) is 4.57 Å². The number of benzene rings is 10. The first-order chi connectivity index (χ1) is 33.3. The zero-order valence-corrected chi connectivity index (χ0v) is 38.8. The summed E-state index contributed by atoms with van der Waals surface area (Å²) in [5.74, 6) is 0. The van der Waals surface area contributed by atoms with E-state index in [1.54, 1.807) is 0 Å². The second-order valence-corrected chi connectivity index (χ2v) is 19.7. The van der Waals surface area contributed by atoms with Crippen LogP contribution >= 0.6 is 0 Å². The molecule has 0 N–H and O–H groups in total. The molecule has 2 heteroatoms. The monoisotopic (exact) mass is 870 g/mol. The van der Waals surface area contributed by atoms with Crippen molar-refractivity contribution in [2.24, 2.45) is 0 Å². The zero-order valence-electron chi connectivity index (χ0n) is 38.8. The Balaban J connectivity index is 1.01. The molecule has 0 radical (unpaired) electrons. The van der Waals surface area contributed by atoms with Gasteiger partial charge in [0.15, 0.2) is 0 Å². The highest BCUT2D eigenvalue weighted by atomic mass is 15.1. The lowest BCUT2D eigenvalue weighted by Gasteiger charge is -2.30. The molecule has 2 nitrogen and oxygen atoms in total. The van der Waals surface area contributed by atoms with Crippen molar-refractivity contribution >= 4 is 38.9 Å². The van der Waals surface area contributed by atoms with Gasteiger partial charge in [0, 0.05) is 49.9 Å². The van der Waals surface area contributed by atoms with Crippen LogP contribution in [0.2, 0.25) is 0 Å². The molecule has 11 aromatic rings. The number of hydrogen-bond donors (Lipinski definition) is 0. The van der Waals surface area contributed by atoms with Crippen molar-refractivity contribution in [1.82, 2.24) is 4.57 Å². The van der Waals surface area contributed by atoms with E-state index in [4.69, 9.17) is 0 Å². The number of aromatic nitrogens is 1. The fraction of sp³-hybridized carbons (Fsp3) is 0.0909. The molecule has 0 fully saturated rings. The molecule has 0 unspecified atom stereocenters. The van der Waals surface area contributed by atoms with Gasteiger partial charge in [0.2, 0.25) is 0 Å². The van der Waals surface area contributed by atoms with Gasteiger partial charge >= 0.3 is 0 Å². The van der Waals surface area contributed by atoms with E-state index in [9.17, 15) is 0 Å². The third-order valence-corrected chi connectivity index (χ3v) is 15.2. The number of anilines is 3. The van der Waals surface area contributed by atoms with Crippen molar-refractivity contribution in [3.8, 4) is 61.3 Å². The van der Waals surface area contributed by atoms with E-state index in [0.29, 0.717) is 0 Å². The lowest BCUT2D eigenvalue weighted by Crippen LogP contribution is -2.18. The first kappa shape index (κ1) is 40.1. The van der Waals surface area contributed by atoms with Gasteiger partial charge in [-0.15, -0.1) is 0 Å². The highest BCUT2D eigenvalue weighted by Crippen LogP contribution is 2.53. The Morgan fingerprint density at radius 1 is 0.309 bits per heavy atom. The molecule has 0 atom stereocenters. The molecule has 10 aromatic carbocycles. The average Bonchev–Trinajstić information content (AvgIpc) is 3.94. The molecule has 1 aromatic heterocycles. The van der Waals surface area contributed by atoms with Crippen molar-refractivity contribution in [2.75, 3.05) is 4.90 Å². The maximum absolute atomic E-state index is 2.49. The van der Waals surface area contributed by atoms with Crippen molar-refractivity contribution in [3.05, 3.63) is 253 Å². The molecular weight excluding hydrogens is 821 g/mol. The third-order valence-electron chi connectivity index (χ3n) is 15.2. The van der Waals surface area contributed by atoms with Crippen LogP contribution in [0.4, 0.5) is 17.1 Å². The smallest absolute Gasteiger partial charge is 0.0619 e. The molecule has 0 saturated heterocycles. The Bertz CT molecular complexity index is 3690. The summed E-state index contributed by atoms with van der Waals surface area (Å²) in [5, 5.41) is 2.49. The first-order valence-corrected chi connectivity index (χ1v) is 23.9. The van der Waals surface area contributed by atoms with Gasteiger partial charge in [0.25, 0.3) is 0 Å². The molecule has 0 spiro atoms. The lowest BCUT2D eigenvalue weighted by molar-refractivity contribution is 0.660. The van der Waals surface area contributed by atoms with Crippen molar-refractivity contribution < 1.29 is 0 Å². The van der Waals surface area contributed by atoms with Gasteiger partial charge in [-0.25, -0.2) is 0 Å². The van der Waals surface area contributed by atoms with Crippen LogP contribution in [0.5, 0.6) is 0 Å². The Morgan fingerprint density at radius 2 is 0.794 bits per heavy atom. The van der Waals surface area contributed by atoms with Crippen LogP contribution in [0.15, 0.2) is 231 Å². The van der Waals surface area contributed by atoms with Crippen LogP contribution in [0.3, 0.4) is 0 Å². The highest BCUT2D eigenvalue weighted by molar-refractivity contribution is 6.15. The summed E-state index contributed by atoms with van der Waals surface area (Å²) < 4.78 is 2.45. The van der Waals surface area contributed by atoms with Gasteiger partial charge < -0.3 is 9.47 Å². The van der Waals surface area contributed by atoms with Gasteiger partial charge in [-0.05, 0) is 133 Å². The van der Waals surface area contributed by atoms with E-state index < -0.39 is 0 Å². The van der Waals surface area contributed by atoms with E-state index in [-0.39, 0.29) is 10.8 Å². The molecule has 324 valence electrons. The molecule has 68 heavy (non-hydrogen) atoms. The van der Waals surface area contributed by atoms with Crippen LogP contribution in [0.25, 0.3) is 83.1 Å². The summed E-state index contributed by atoms with van der Waals surface area (Å²) in [6, 6.07) is 85.7. The number of rotatable bonds is 7. The molecule has 0 aliphatic heterocycles. The average molecular weight is 871 g/mol. The molecule has 1 heterocycles. The quantitative estimate of drug-likeness (QED) is 0.155. The van der Waals surface area contributed by atoms with Gasteiger partial charge in [-0.3, -0.25) is 0 Å². The van der Waals surface area contributed by atoms with E-state index in [1.807, 2.05) is 0 Å². The number of fused-ring (bicyclic) bond motifs is 9. The van der Waals surface area contributed by atoms with Crippen LogP contribution < -0.4 is 4.90 Å². The fourth-order valence-electron chi connectivity index (χ4n) is 11.8. The predicted octanol–water partition coefficient (Wildman–Crippen LogP) is 17.9. The molecule has 0 saturated carbocycles. The minimum absolute atomic E-state index is 0.136. The fourth-order valence-corrected chi connectivity index (χ4v) is 11.8. The molecule has 2 aliphatic rings. The predicted molar refractivity (Wildman–Crippen MR) is 287 cm³/mol. The number of para-hydroxylation sites is 3. The molecular formula is C66H50N2. The van der Waals surface area contributed by atoms with Gasteiger partial charge in [0.1, 0.15) is 0 Å². The van der Waals surface area contributed by atoms with E-state index >= 15 is 0 Å². The normalized spacial score (nSPS) is 13.8. The maximum Gasteiger partial charge on any atom is 0.0619 e. The van der Waals surface area contributed by atoms with Crippen molar-refractivity contribution in [3.63, 3.8) is 0 Å². The Hall–Kier alpha value is -8.20. The van der Waals surface area contributed by atoms with Crippen LogP contribution in [0, 0.1) is 0 Å². The summed E-state index contributed by atoms with van der Waals surface area (Å²) in [7, 11) is 0. The topological polar surface area (TPSA) is 8.17 Å². The first-order valence-electron chi connectivity index (χ1n) is 23.9. The zero-order chi connectivity index (χ0) is 45.7. The van der Waals surface area contributed by atoms with E-state index in [0.717, 1.165) is 33.9 Å². The summed E-state index contributed by atoms with van der Waals surface area (Å²) in [5.41, 5.74) is 24.6. The van der Waals surface area contributed by atoms with Crippen LogP contribution in [0.1, 0.15) is 49.9 Å². The Kier molecular flexibility index (Phi) is 8.95. The summed E-state index contributed by atoms with van der Waals surface area (Å²) in [4.78, 5) is 2.49. The van der Waals surface area contributed by atoms with E-state index in [2.05, 4.69) is 268 Å². The molecule has 13 rings (SSSR count). The standard InChI is InChI=1S/C66H50N2/c1-65(2)59-30-14-11-25-51(59)53-37-34-48(41-61(53)65)67(49-35-38-54-52-26-12-15-31-60(52)66(3,4)62(54)42-49)47-24-17-21-44(39-47)45-33-36-50(43-19-7-5-8-20-43)58(40-45)57-29-18-28-56-55-27-13-16-32-63(55)68(64(56)57)46-22-9-6-10-23-46/h5-42H,1-4H3. The minimum atomic E-state index is -0.136. The second kappa shape index (κ2) is 15.2. The SMILES string of the molecule is CC1(C)c2ccccc2-c2ccc(N(c3cccc(-c4ccc(-c5ccccc5)c(-c5cccc6c7ccccc7n(-c7ccccc7)c56)c4)c3)c3ccc4c(c3)C(C)(C)c3ccccc3-4)cc21. The van der Waals surface area contributed by atoms with Gasteiger partial charge in [-0.2, -0.15) is 0 Å². The van der Waals surface area contributed by atoms with Gasteiger partial charge in [-0.1, -0.05) is 198 Å². The van der Waals surface area contributed by atoms with Gasteiger partial charge in [0.05, 0.1) is 11.0 Å². The van der Waals surface area contributed by atoms with Crippen molar-refractivity contribution in [1.29, 1.82) is 0 Å². The lowest BCUT2D eigenvalue weighted by atomic mass is 9.82. The summed E-state index contributed by atoms with van der Waals surface area (Å²) >= 11 is 0. The number of hydrogen-bond acceptors (Lipinski definition) is 1. The maximum atomic E-state index is 2.49. The van der Waals surface area contributed by atoms with Crippen molar-refractivity contribution in [2.45, 2.75) is 38.5 Å². The molecule has 2 aliphatic carbocycles. The Morgan fingerprint density at radius 3 is 1.47 bits per heavy atom. The number of nitrogens with zero attached hydrogens (tertiary/aromatic N) is 2. The molecule has 0 bridgehead atoms.